The fraction of sp³-hybridized carbons (Fsp3) is 0.455. The summed E-state index contributed by atoms with van der Waals surface area (Å²) in [4.78, 5) is 11.5. The van der Waals surface area contributed by atoms with Gasteiger partial charge in [0.15, 0.2) is 5.76 Å². The molecule has 9 heteroatoms. The first-order valence-electron chi connectivity index (χ1n) is 10.3. The number of aromatic nitrogens is 1. The first-order chi connectivity index (χ1) is 14.7. The second kappa shape index (κ2) is 9.65. The van der Waals surface area contributed by atoms with Crippen molar-refractivity contribution in [1.29, 1.82) is 0 Å². The number of aryl methyl sites for hydroxylation is 1. The normalized spacial score (nSPS) is 19.5. The van der Waals surface area contributed by atoms with Gasteiger partial charge in [-0.2, -0.15) is 0 Å². The lowest BCUT2D eigenvalue weighted by molar-refractivity contribution is -0.114. The van der Waals surface area contributed by atoms with Crippen molar-refractivity contribution in [2.45, 2.75) is 57.4 Å². The molecule has 1 aromatic heterocycles. The fourth-order valence-corrected chi connectivity index (χ4v) is 5.18. The molecule has 0 unspecified atom stereocenters. The zero-order chi connectivity index (χ0) is 22.6. The summed E-state index contributed by atoms with van der Waals surface area (Å²) in [5.74, 6) is 1.05. The zero-order valence-corrected chi connectivity index (χ0v) is 19.1. The van der Waals surface area contributed by atoms with Gasteiger partial charge < -0.3 is 14.6 Å². The zero-order valence-electron chi connectivity index (χ0n) is 18.3. The third-order valence-corrected chi connectivity index (χ3v) is 6.97. The number of carbonyl (C=O) groups excluding carboxylic acids is 1. The summed E-state index contributed by atoms with van der Waals surface area (Å²) in [6, 6.07) is 4.86. The van der Waals surface area contributed by atoms with Gasteiger partial charge in [-0.15, -0.1) is 0 Å². The number of amides is 1. The van der Waals surface area contributed by atoms with Crippen molar-refractivity contribution in [2.75, 3.05) is 12.4 Å². The van der Waals surface area contributed by atoms with Crippen molar-refractivity contribution in [3.63, 3.8) is 0 Å². The average Bonchev–Trinajstić information content (AvgIpc) is 3.06. The first kappa shape index (κ1) is 23.0. The van der Waals surface area contributed by atoms with Crippen molar-refractivity contribution in [3.05, 3.63) is 35.2 Å². The minimum absolute atomic E-state index is 0.0671. The van der Waals surface area contributed by atoms with Crippen LogP contribution >= 0.6 is 0 Å². The van der Waals surface area contributed by atoms with Crippen LogP contribution in [0.25, 0.3) is 12.2 Å². The van der Waals surface area contributed by atoms with Gasteiger partial charge in [0.2, 0.25) is 15.9 Å². The number of rotatable bonds is 7. The molecular weight excluding hydrogens is 418 g/mol. The summed E-state index contributed by atoms with van der Waals surface area (Å²) in [5, 5.41) is 6.56. The molecule has 31 heavy (non-hydrogen) atoms. The second-order valence-corrected chi connectivity index (χ2v) is 9.69. The van der Waals surface area contributed by atoms with E-state index < -0.39 is 10.0 Å². The number of hydrogen-bond donors (Lipinski definition) is 2. The van der Waals surface area contributed by atoms with Crippen LogP contribution in [-0.2, 0) is 14.8 Å². The molecular formula is C22H29N3O5S. The summed E-state index contributed by atoms with van der Waals surface area (Å²) >= 11 is 0. The summed E-state index contributed by atoms with van der Waals surface area (Å²) in [6.07, 6.45) is 7.03. The molecule has 1 fully saturated rings. The van der Waals surface area contributed by atoms with Crippen molar-refractivity contribution < 1.29 is 22.5 Å². The Morgan fingerprint density at radius 2 is 1.94 bits per heavy atom. The maximum atomic E-state index is 13.1. The molecule has 2 N–H and O–H groups in total. The van der Waals surface area contributed by atoms with E-state index in [-0.39, 0.29) is 22.6 Å². The van der Waals surface area contributed by atoms with E-state index in [0.717, 1.165) is 25.7 Å². The number of nitrogens with zero attached hydrogens (tertiary/aromatic N) is 1. The van der Waals surface area contributed by atoms with E-state index in [1.807, 2.05) is 0 Å². The summed E-state index contributed by atoms with van der Waals surface area (Å²) in [5.41, 5.74) is 1.68. The van der Waals surface area contributed by atoms with E-state index in [1.165, 1.54) is 14.0 Å². The highest BCUT2D eigenvalue weighted by Crippen LogP contribution is 2.29. The molecule has 1 amide bonds. The van der Waals surface area contributed by atoms with E-state index in [2.05, 4.69) is 22.1 Å². The highest BCUT2D eigenvalue weighted by Gasteiger charge is 2.26. The van der Waals surface area contributed by atoms with Crippen LogP contribution in [0, 0.1) is 12.8 Å². The number of anilines is 1. The van der Waals surface area contributed by atoms with Gasteiger partial charge in [0.25, 0.3) is 0 Å². The standard InChI is InChI=1S/C22H29N3O5S/c1-14-5-9-18(10-6-14)25-31(27,28)21-13-17(7-11-19(21)29-4)8-12-20-22(23-16(3)26)15(2)24-30-20/h7-8,11-14,18,25H,5-6,9-10H2,1-4H3,(H,23,26)/b12-8-. The van der Waals surface area contributed by atoms with E-state index in [1.54, 1.807) is 37.3 Å². The number of nitrogens with one attached hydrogen (secondary N) is 2. The molecule has 1 saturated carbocycles. The predicted molar refractivity (Wildman–Crippen MR) is 119 cm³/mol. The number of methoxy groups -OCH3 is 1. The van der Waals surface area contributed by atoms with Gasteiger partial charge in [-0.1, -0.05) is 24.2 Å². The van der Waals surface area contributed by atoms with E-state index in [9.17, 15) is 13.2 Å². The van der Waals surface area contributed by atoms with Crippen LogP contribution in [0.15, 0.2) is 27.6 Å². The van der Waals surface area contributed by atoms with Crippen LogP contribution in [0.5, 0.6) is 5.75 Å². The van der Waals surface area contributed by atoms with Crippen LogP contribution < -0.4 is 14.8 Å². The Morgan fingerprint density at radius 3 is 2.58 bits per heavy atom. The van der Waals surface area contributed by atoms with Crippen LogP contribution in [0.2, 0.25) is 0 Å². The van der Waals surface area contributed by atoms with Crippen molar-refractivity contribution >= 4 is 33.8 Å². The van der Waals surface area contributed by atoms with Gasteiger partial charge in [0.05, 0.1) is 7.11 Å². The quantitative estimate of drug-likeness (QED) is 0.664. The molecule has 8 nitrogen and oxygen atoms in total. The Kier molecular flexibility index (Phi) is 7.17. The Labute approximate surface area is 183 Å². The van der Waals surface area contributed by atoms with E-state index in [4.69, 9.17) is 9.26 Å². The summed E-state index contributed by atoms with van der Waals surface area (Å²) in [6.45, 7) is 5.32. The molecule has 1 aliphatic rings. The molecule has 0 spiro atoms. The minimum atomic E-state index is -3.75. The average molecular weight is 448 g/mol. The molecule has 0 radical (unpaired) electrons. The lowest BCUT2D eigenvalue weighted by Crippen LogP contribution is -2.37. The minimum Gasteiger partial charge on any atom is -0.495 e. The Balaban J connectivity index is 1.85. The molecule has 0 bridgehead atoms. The molecule has 0 aliphatic heterocycles. The number of benzene rings is 1. The van der Waals surface area contributed by atoms with Gasteiger partial charge in [0, 0.05) is 13.0 Å². The Morgan fingerprint density at radius 1 is 1.23 bits per heavy atom. The monoisotopic (exact) mass is 447 g/mol. The SMILES string of the molecule is COc1ccc(/C=C\c2onc(C)c2NC(C)=O)cc1S(=O)(=O)NC1CCC(C)CC1. The Hall–Kier alpha value is -2.65. The van der Waals surface area contributed by atoms with Crippen LogP contribution in [0.3, 0.4) is 0 Å². The lowest BCUT2D eigenvalue weighted by Gasteiger charge is -2.27. The first-order valence-corrected chi connectivity index (χ1v) is 11.8. The van der Waals surface area contributed by atoms with Crippen LogP contribution in [-0.4, -0.2) is 32.6 Å². The number of ether oxygens (including phenoxy) is 1. The number of carbonyl (C=O) groups is 1. The fourth-order valence-electron chi connectivity index (χ4n) is 3.67. The largest absolute Gasteiger partial charge is 0.495 e. The molecule has 3 rings (SSSR count). The van der Waals surface area contributed by atoms with Gasteiger partial charge in [0.1, 0.15) is 22.0 Å². The second-order valence-electron chi connectivity index (χ2n) is 8.01. The summed E-state index contributed by atoms with van der Waals surface area (Å²) < 4.78 is 39.6. The summed E-state index contributed by atoms with van der Waals surface area (Å²) in [7, 11) is -2.30. The number of hydrogen-bond acceptors (Lipinski definition) is 6. The van der Waals surface area contributed by atoms with Gasteiger partial charge in [-0.05, 0) is 62.3 Å². The van der Waals surface area contributed by atoms with Gasteiger partial charge >= 0.3 is 0 Å². The van der Waals surface area contributed by atoms with Gasteiger partial charge in [-0.3, -0.25) is 4.79 Å². The maximum Gasteiger partial charge on any atom is 0.244 e. The number of sulfonamides is 1. The molecule has 1 heterocycles. The smallest absolute Gasteiger partial charge is 0.244 e. The highest BCUT2D eigenvalue weighted by molar-refractivity contribution is 7.89. The Bertz CT molecular complexity index is 1070. The third-order valence-electron chi connectivity index (χ3n) is 5.43. The molecule has 168 valence electrons. The maximum absolute atomic E-state index is 13.1. The predicted octanol–water partition coefficient (Wildman–Crippen LogP) is 3.98. The lowest BCUT2D eigenvalue weighted by atomic mass is 9.88. The van der Waals surface area contributed by atoms with Crippen LogP contribution in [0.1, 0.15) is 56.5 Å². The molecule has 1 aliphatic carbocycles. The molecule has 0 atom stereocenters. The molecule has 0 saturated heterocycles. The highest BCUT2D eigenvalue weighted by atomic mass is 32.2. The molecule has 1 aromatic carbocycles. The molecule has 2 aromatic rings. The topological polar surface area (TPSA) is 111 Å². The van der Waals surface area contributed by atoms with Crippen molar-refractivity contribution in [3.8, 4) is 5.75 Å². The van der Waals surface area contributed by atoms with Crippen molar-refractivity contribution in [1.82, 2.24) is 9.88 Å². The van der Waals surface area contributed by atoms with Crippen LogP contribution in [0.4, 0.5) is 5.69 Å². The van der Waals surface area contributed by atoms with E-state index in [0.29, 0.717) is 28.6 Å². The van der Waals surface area contributed by atoms with Gasteiger partial charge in [-0.25, -0.2) is 13.1 Å². The van der Waals surface area contributed by atoms with Crippen molar-refractivity contribution in [2.24, 2.45) is 5.92 Å². The van der Waals surface area contributed by atoms with E-state index >= 15 is 0 Å². The third kappa shape index (κ3) is 5.74.